The zero-order valence-electron chi connectivity index (χ0n) is 13.0. The van der Waals surface area contributed by atoms with Crippen molar-refractivity contribution in [2.75, 3.05) is 6.54 Å². The summed E-state index contributed by atoms with van der Waals surface area (Å²) in [6.45, 7) is 11.1. The number of rotatable bonds is 7. The number of nitrogens with one attached hydrogen (secondary N) is 1. The van der Waals surface area contributed by atoms with E-state index in [1.54, 1.807) is 0 Å². The molecule has 2 N–H and O–H groups in total. The predicted octanol–water partition coefficient (Wildman–Crippen LogP) is 3.70. The first-order valence-corrected chi connectivity index (χ1v) is 7.38. The first-order valence-electron chi connectivity index (χ1n) is 7.38. The molecule has 0 aliphatic rings. The molecule has 0 saturated carbocycles. The summed E-state index contributed by atoms with van der Waals surface area (Å²) in [6, 6.07) is 9.08. The third-order valence-corrected chi connectivity index (χ3v) is 3.67. The number of hydrogen-bond acceptors (Lipinski definition) is 2. The van der Waals surface area contributed by atoms with Gasteiger partial charge >= 0.3 is 0 Å². The highest BCUT2D eigenvalue weighted by Crippen LogP contribution is 2.16. The van der Waals surface area contributed by atoms with E-state index in [0.29, 0.717) is 12.5 Å². The summed E-state index contributed by atoms with van der Waals surface area (Å²) in [5.74, 6) is 0.695. The van der Waals surface area contributed by atoms with Crippen molar-refractivity contribution in [1.29, 1.82) is 0 Å². The summed E-state index contributed by atoms with van der Waals surface area (Å²) in [4.78, 5) is 0. The fourth-order valence-electron chi connectivity index (χ4n) is 2.03. The van der Waals surface area contributed by atoms with E-state index < -0.39 is 5.60 Å². The molecule has 0 saturated heterocycles. The molecule has 0 aliphatic heterocycles. The Hall–Kier alpha value is -0.860. The molecule has 0 radical (unpaired) electrons. The highest BCUT2D eigenvalue weighted by molar-refractivity contribution is 5.25. The minimum Gasteiger partial charge on any atom is -0.389 e. The summed E-state index contributed by atoms with van der Waals surface area (Å²) >= 11 is 0. The number of hydrogen-bond donors (Lipinski definition) is 2. The van der Waals surface area contributed by atoms with Crippen LogP contribution in [0.15, 0.2) is 24.3 Å². The van der Waals surface area contributed by atoms with Gasteiger partial charge in [-0.25, -0.2) is 0 Å². The molecular weight excluding hydrogens is 234 g/mol. The molecule has 2 nitrogen and oxygen atoms in total. The normalized spacial score (nSPS) is 16.4. The lowest BCUT2D eigenvalue weighted by atomic mass is 9.99. The van der Waals surface area contributed by atoms with Crippen LogP contribution in [0.4, 0.5) is 0 Å². The van der Waals surface area contributed by atoms with E-state index >= 15 is 0 Å². The van der Waals surface area contributed by atoms with Crippen LogP contribution in [0, 0.1) is 5.92 Å². The summed E-state index contributed by atoms with van der Waals surface area (Å²) < 4.78 is 0. The lowest BCUT2D eigenvalue weighted by molar-refractivity contribution is 0.0533. The molecule has 1 aromatic carbocycles. The van der Waals surface area contributed by atoms with Crippen molar-refractivity contribution in [3.8, 4) is 0 Å². The van der Waals surface area contributed by atoms with Gasteiger partial charge in [0.1, 0.15) is 0 Å². The van der Waals surface area contributed by atoms with E-state index in [4.69, 9.17) is 0 Å². The van der Waals surface area contributed by atoms with Crippen LogP contribution in [-0.4, -0.2) is 17.3 Å². The first-order chi connectivity index (χ1) is 8.84. The largest absolute Gasteiger partial charge is 0.389 e. The van der Waals surface area contributed by atoms with E-state index in [1.807, 2.05) is 13.8 Å². The lowest BCUT2D eigenvalue weighted by Gasteiger charge is -2.24. The van der Waals surface area contributed by atoms with Crippen molar-refractivity contribution in [2.24, 2.45) is 5.92 Å². The maximum absolute atomic E-state index is 10.00. The van der Waals surface area contributed by atoms with Gasteiger partial charge in [-0.2, -0.15) is 0 Å². The van der Waals surface area contributed by atoms with Crippen molar-refractivity contribution in [1.82, 2.24) is 5.32 Å². The van der Waals surface area contributed by atoms with Gasteiger partial charge in [0.15, 0.2) is 0 Å². The minimum absolute atomic E-state index is 0.270. The highest BCUT2D eigenvalue weighted by Gasteiger charge is 2.18. The molecule has 0 aliphatic carbocycles. The van der Waals surface area contributed by atoms with Gasteiger partial charge in [-0.15, -0.1) is 0 Å². The Kier molecular flexibility index (Phi) is 6.02. The Morgan fingerprint density at radius 3 is 2.21 bits per heavy atom. The summed E-state index contributed by atoms with van der Waals surface area (Å²) in [7, 11) is 0. The first kappa shape index (κ1) is 16.2. The molecule has 0 bridgehead atoms. The van der Waals surface area contributed by atoms with Gasteiger partial charge in [0.05, 0.1) is 5.60 Å². The van der Waals surface area contributed by atoms with E-state index in [0.717, 1.165) is 12.8 Å². The predicted molar refractivity (Wildman–Crippen MR) is 82.3 cm³/mol. The Balaban J connectivity index is 2.55. The van der Waals surface area contributed by atoms with Crippen LogP contribution in [-0.2, 0) is 6.42 Å². The highest BCUT2D eigenvalue weighted by atomic mass is 16.3. The Morgan fingerprint density at radius 2 is 1.74 bits per heavy atom. The van der Waals surface area contributed by atoms with Gasteiger partial charge in [-0.1, -0.05) is 45.0 Å². The standard InChI is InChI=1S/C17H29NO/c1-6-17(5,19)12-18-14(4)16-9-7-15(8-10-16)11-13(2)3/h7-10,13-14,18-19H,6,11-12H2,1-5H3. The molecule has 0 aromatic heterocycles. The van der Waals surface area contributed by atoms with Gasteiger partial charge in [0.25, 0.3) is 0 Å². The molecule has 2 atom stereocenters. The molecule has 1 aromatic rings. The Morgan fingerprint density at radius 1 is 1.16 bits per heavy atom. The Bertz CT molecular complexity index is 367. The van der Waals surface area contributed by atoms with E-state index in [-0.39, 0.29) is 6.04 Å². The van der Waals surface area contributed by atoms with Crippen molar-refractivity contribution in [3.63, 3.8) is 0 Å². The van der Waals surface area contributed by atoms with Crippen molar-refractivity contribution in [3.05, 3.63) is 35.4 Å². The van der Waals surface area contributed by atoms with Crippen LogP contribution in [0.25, 0.3) is 0 Å². The maximum Gasteiger partial charge on any atom is 0.0741 e. The van der Waals surface area contributed by atoms with E-state index in [9.17, 15) is 5.11 Å². The maximum atomic E-state index is 10.00. The van der Waals surface area contributed by atoms with Gasteiger partial charge in [-0.3, -0.25) is 0 Å². The topological polar surface area (TPSA) is 32.3 Å². The molecule has 1 rings (SSSR count). The zero-order chi connectivity index (χ0) is 14.5. The van der Waals surface area contributed by atoms with E-state index in [1.165, 1.54) is 11.1 Å². The molecule has 0 amide bonds. The monoisotopic (exact) mass is 263 g/mol. The molecule has 19 heavy (non-hydrogen) atoms. The third kappa shape index (κ3) is 5.75. The van der Waals surface area contributed by atoms with Crippen molar-refractivity contribution >= 4 is 0 Å². The molecule has 108 valence electrons. The minimum atomic E-state index is -0.619. The quantitative estimate of drug-likeness (QED) is 0.786. The average Bonchev–Trinajstić information content (AvgIpc) is 2.36. The van der Waals surface area contributed by atoms with Crippen LogP contribution in [0.3, 0.4) is 0 Å². The Labute approximate surface area is 118 Å². The van der Waals surface area contributed by atoms with Crippen LogP contribution in [0.5, 0.6) is 0 Å². The summed E-state index contributed by atoms with van der Waals surface area (Å²) in [5.41, 5.74) is 2.05. The number of aliphatic hydroxyl groups is 1. The average molecular weight is 263 g/mol. The molecule has 2 unspecified atom stereocenters. The zero-order valence-corrected chi connectivity index (χ0v) is 13.0. The SMILES string of the molecule is CCC(C)(O)CNC(C)c1ccc(CC(C)C)cc1. The lowest BCUT2D eigenvalue weighted by Crippen LogP contribution is -2.38. The van der Waals surface area contributed by atoms with Crippen LogP contribution in [0.1, 0.15) is 58.2 Å². The fraction of sp³-hybridized carbons (Fsp3) is 0.647. The molecule has 0 heterocycles. The summed E-state index contributed by atoms with van der Waals surface area (Å²) in [6.07, 6.45) is 1.90. The second-order valence-corrected chi connectivity index (χ2v) is 6.29. The fourth-order valence-corrected chi connectivity index (χ4v) is 2.03. The second kappa shape index (κ2) is 7.06. The van der Waals surface area contributed by atoms with Gasteiger partial charge in [0, 0.05) is 12.6 Å². The smallest absolute Gasteiger partial charge is 0.0741 e. The number of benzene rings is 1. The van der Waals surface area contributed by atoms with Crippen LogP contribution >= 0.6 is 0 Å². The van der Waals surface area contributed by atoms with Gasteiger partial charge in [-0.05, 0) is 43.7 Å². The van der Waals surface area contributed by atoms with E-state index in [2.05, 4.69) is 50.4 Å². The van der Waals surface area contributed by atoms with Crippen molar-refractivity contribution < 1.29 is 5.11 Å². The summed E-state index contributed by atoms with van der Waals surface area (Å²) in [5, 5.41) is 13.4. The van der Waals surface area contributed by atoms with Crippen LogP contribution < -0.4 is 5.32 Å². The molecule has 2 heteroatoms. The third-order valence-electron chi connectivity index (χ3n) is 3.67. The second-order valence-electron chi connectivity index (χ2n) is 6.29. The molecular formula is C17H29NO. The van der Waals surface area contributed by atoms with Gasteiger partial charge in [0.2, 0.25) is 0 Å². The van der Waals surface area contributed by atoms with Crippen LogP contribution in [0.2, 0.25) is 0 Å². The molecule has 0 spiro atoms. The molecule has 0 fully saturated rings. The van der Waals surface area contributed by atoms with Gasteiger partial charge < -0.3 is 10.4 Å². The van der Waals surface area contributed by atoms with Crippen molar-refractivity contribution in [2.45, 2.75) is 59.1 Å².